The van der Waals surface area contributed by atoms with E-state index < -0.39 is 35.6 Å². The lowest BCUT2D eigenvalue weighted by Gasteiger charge is -2.45. The molecule has 10 rings (SSSR count). The van der Waals surface area contributed by atoms with Crippen LogP contribution in [0, 0.1) is 37.5 Å². The van der Waals surface area contributed by atoms with Crippen LogP contribution >= 0.6 is 34.5 Å². The van der Waals surface area contributed by atoms with Crippen LogP contribution in [0.5, 0.6) is 5.75 Å². The number of rotatable bonds is 16. The van der Waals surface area contributed by atoms with Crippen molar-refractivity contribution in [3.8, 4) is 10.8 Å². The van der Waals surface area contributed by atoms with Gasteiger partial charge in [0.05, 0.1) is 48.3 Å². The van der Waals surface area contributed by atoms with Gasteiger partial charge in [-0.3, -0.25) is 38.7 Å². The van der Waals surface area contributed by atoms with Crippen LogP contribution < -0.4 is 15.4 Å². The average molecular weight is 1040 g/mol. The van der Waals surface area contributed by atoms with Gasteiger partial charge in [0.2, 0.25) is 17.7 Å². The molecule has 1 unspecified atom stereocenters. The Balaban J connectivity index is 0.773. The van der Waals surface area contributed by atoms with Gasteiger partial charge in [-0.1, -0.05) is 48.2 Å². The van der Waals surface area contributed by atoms with E-state index >= 15 is 0 Å². The molecular weight excluding hydrogens is 980 g/mol. The van der Waals surface area contributed by atoms with Crippen molar-refractivity contribution in [2.75, 3.05) is 32.7 Å². The summed E-state index contributed by atoms with van der Waals surface area (Å²) in [6.07, 6.45) is 6.17. The predicted octanol–water partition coefficient (Wildman–Crippen LogP) is 7.06. The molecule has 20 heteroatoms. The van der Waals surface area contributed by atoms with E-state index in [1.807, 2.05) is 52.9 Å². The van der Waals surface area contributed by atoms with E-state index in [9.17, 15) is 29.4 Å². The fourth-order valence-corrected chi connectivity index (χ4v) is 12.8. The summed E-state index contributed by atoms with van der Waals surface area (Å²) in [5, 5.41) is 42.9. The Morgan fingerprint density at radius 1 is 1.03 bits per heavy atom. The normalized spacial score (nSPS) is 22.5. The number of carboxylic acid groups (broad SMARTS) is 1. The van der Waals surface area contributed by atoms with Crippen molar-refractivity contribution < 1.29 is 34.1 Å². The molecule has 3 fully saturated rings. The number of hydrogen-bond acceptors (Lipinski definition) is 12. The molecule has 72 heavy (non-hydrogen) atoms. The van der Waals surface area contributed by atoms with Crippen molar-refractivity contribution in [2.24, 2.45) is 21.7 Å². The highest BCUT2D eigenvalue weighted by Gasteiger charge is 2.54. The summed E-state index contributed by atoms with van der Waals surface area (Å²) in [6.45, 7) is 9.79. The number of likely N-dealkylation sites (tertiary alicyclic amines) is 1. The molecule has 2 aliphatic carbocycles. The molecule has 17 nitrogen and oxygen atoms in total. The molecule has 3 aliphatic heterocycles. The Morgan fingerprint density at radius 2 is 1.82 bits per heavy atom. The first kappa shape index (κ1) is 49.9. The summed E-state index contributed by atoms with van der Waals surface area (Å²) in [6, 6.07) is 11.7. The molecule has 6 heterocycles. The Bertz CT molecular complexity index is 2970. The maximum Gasteiger partial charge on any atom is 0.310 e. The number of benzene rings is 2. The Kier molecular flexibility index (Phi) is 13.8. The second-order valence-electron chi connectivity index (χ2n) is 20.4. The second kappa shape index (κ2) is 20.0. The first-order chi connectivity index (χ1) is 34.5. The molecular formula is C52H60Cl2N10O7S. The van der Waals surface area contributed by atoms with Crippen LogP contribution in [0.15, 0.2) is 53.7 Å². The van der Waals surface area contributed by atoms with Crippen LogP contribution in [-0.4, -0.2) is 113 Å². The maximum atomic E-state index is 14.7. The largest absolute Gasteiger partial charge is 0.487 e. The molecule has 0 bridgehead atoms. The molecule has 1 saturated heterocycles. The minimum atomic E-state index is -1.19. The predicted molar refractivity (Wildman–Crippen MR) is 272 cm³/mol. The van der Waals surface area contributed by atoms with E-state index in [4.69, 9.17) is 38.0 Å². The third kappa shape index (κ3) is 9.68. The molecule has 5 atom stereocenters. The summed E-state index contributed by atoms with van der Waals surface area (Å²) in [4.78, 5) is 64.4. The number of aliphatic hydroxyl groups excluding tert-OH is 1. The van der Waals surface area contributed by atoms with Gasteiger partial charge in [-0.05, 0) is 107 Å². The molecule has 5 aromatic rings. The number of aryl methyl sites for hydroxylation is 2. The number of amides is 3. The van der Waals surface area contributed by atoms with Gasteiger partial charge >= 0.3 is 5.97 Å². The number of thiophene rings is 1. The number of aliphatic imine (C=N–C) groups is 1. The van der Waals surface area contributed by atoms with Gasteiger partial charge in [-0.25, -0.2) is 0 Å². The molecule has 4 N–H and O–H groups in total. The number of aromatic nitrogens is 5. The number of halogens is 2. The van der Waals surface area contributed by atoms with Crippen molar-refractivity contribution in [1.29, 1.82) is 0 Å². The van der Waals surface area contributed by atoms with Gasteiger partial charge < -0.3 is 30.1 Å². The van der Waals surface area contributed by atoms with Crippen molar-refractivity contribution >= 4 is 63.9 Å². The molecule has 0 radical (unpaired) electrons. The number of nitrogens with zero attached hydrogens (tertiary/aromatic N) is 8. The smallest absolute Gasteiger partial charge is 0.310 e. The van der Waals surface area contributed by atoms with Crippen LogP contribution in [-0.2, 0) is 38.8 Å². The molecule has 1 spiro atoms. The minimum absolute atomic E-state index is 0.0126. The van der Waals surface area contributed by atoms with Crippen LogP contribution in [0.1, 0.15) is 120 Å². The zero-order valence-corrected chi connectivity index (χ0v) is 43.2. The van der Waals surface area contributed by atoms with Gasteiger partial charge in [0.1, 0.15) is 35.5 Å². The number of fused-ring (bicyclic) bond motifs is 4. The lowest BCUT2D eigenvalue weighted by atomic mass is 9.66. The molecule has 2 aromatic carbocycles. The number of aliphatic hydroxyl groups is 1. The van der Waals surface area contributed by atoms with Crippen molar-refractivity contribution in [3.05, 3.63) is 109 Å². The quantitative estimate of drug-likeness (QED) is 0.0736. The third-order valence-electron chi connectivity index (χ3n) is 15.6. The summed E-state index contributed by atoms with van der Waals surface area (Å²) in [5.41, 5.74) is 4.75. The van der Waals surface area contributed by atoms with Crippen LogP contribution in [0.3, 0.4) is 0 Å². The number of aliphatic carboxylic acids is 1. The Hall–Kier alpha value is -5.66. The van der Waals surface area contributed by atoms with Gasteiger partial charge in [0.15, 0.2) is 5.82 Å². The lowest BCUT2D eigenvalue weighted by Crippen LogP contribution is -2.52. The highest BCUT2D eigenvalue weighted by atomic mass is 35.5. The van der Waals surface area contributed by atoms with E-state index in [0.717, 1.165) is 69.1 Å². The molecule has 2 saturated carbocycles. The number of carboxylic acids is 1. The first-order valence-corrected chi connectivity index (χ1v) is 26.4. The van der Waals surface area contributed by atoms with Gasteiger partial charge in [-0.2, -0.15) is 5.10 Å². The van der Waals surface area contributed by atoms with Crippen molar-refractivity contribution in [1.82, 2.24) is 45.0 Å². The fourth-order valence-electron chi connectivity index (χ4n) is 11.2. The van der Waals surface area contributed by atoms with Crippen LogP contribution in [0.4, 0.5) is 0 Å². The topological polar surface area (TPSA) is 209 Å². The van der Waals surface area contributed by atoms with E-state index in [2.05, 4.69) is 34.7 Å². The number of nitrogens with one attached hydrogen (secondary N) is 2. The number of ether oxygens (including phenoxy) is 1. The van der Waals surface area contributed by atoms with Gasteiger partial charge in [-0.15, -0.1) is 21.5 Å². The Morgan fingerprint density at radius 3 is 2.57 bits per heavy atom. The maximum absolute atomic E-state index is 14.7. The molecule has 5 aliphatic rings. The number of carbonyl (C=O) groups excluding carboxylic acids is 3. The second-order valence-corrected chi connectivity index (χ2v) is 22.5. The van der Waals surface area contributed by atoms with E-state index in [-0.39, 0.29) is 49.3 Å². The third-order valence-corrected chi connectivity index (χ3v) is 17.4. The highest BCUT2D eigenvalue weighted by molar-refractivity contribution is 7.15. The summed E-state index contributed by atoms with van der Waals surface area (Å²) in [5.74, 6) is -0.314. The molecule has 3 aromatic heterocycles. The Labute approximate surface area is 431 Å². The minimum Gasteiger partial charge on any atom is -0.487 e. The van der Waals surface area contributed by atoms with E-state index in [0.29, 0.717) is 85.0 Å². The summed E-state index contributed by atoms with van der Waals surface area (Å²) < 4.78 is 10.3. The van der Waals surface area contributed by atoms with Crippen molar-refractivity contribution in [2.45, 2.75) is 117 Å². The molecule has 380 valence electrons. The van der Waals surface area contributed by atoms with E-state index in [1.54, 1.807) is 40.0 Å². The first-order valence-electron chi connectivity index (χ1n) is 24.8. The van der Waals surface area contributed by atoms with Gasteiger partial charge in [0.25, 0.3) is 0 Å². The standard InChI is InChI=1S/C52H60Cl2N10O7S/c1-29-30(2)72-49-44(29)46(32-8-10-33(53)11-9-32)57-38(47-59-58-31(3)64(47)49)23-41(65)56-25-42(66)55-19-22-62-20-14-34(60-62)27-71-40-13-12-37(54)35-15-21-63(48(68)36-7-5-6-16-51(36,4)50(69)70)39(45(35)40)26-61-28-52(17-18-52)24-43(61)67/h8-14,20,36,38-39,42,55,66H,5-7,15-19,21-28H2,1-4H3,(H,56,65)(H,69,70)/t36-,38-,39+,42?,51-/m0/s1. The summed E-state index contributed by atoms with van der Waals surface area (Å²) in [7, 11) is 0. The van der Waals surface area contributed by atoms with Crippen LogP contribution in [0.2, 0.25) is 10.0 Å². The zero-order valence-electron chi connectivity index (χ0n) is 40.9. The van der Waals surface area contributed by atoms with E-state index in [1.165, 1.54) is 0 Å². The highest BCUT2D eigenvalue weighted by Crippen LogP contribution is 2.54. The van der Waals surface area contributed by atoms with Crippen molar-refractivity contribution in [3.63, 3.8) is 0 Å². The lowest BCUT2D eigenvalue weighted by molar-refractivity contribution is -0.162. The zero-order chi connectivity index (χ0) is 50.6. The summed E-state index contributed by atoms with van der Waals surface area (Å²) >= 11 is 14.8. The average Bonchev–Trinajstić information content (AvgIpc) is 3.55. The SMILES string of the molecule is Cc1sc2c(c1C)C(c1ccc(Cl)cc1)=N[C@@H](CC(=O)NCC(O)NCCn1ccc(COc3ccc(Cl)c4c3[C@@H](CN3CC5(CC5)CC3=O)N(C(=O)[C@@H]3CCCC[C@]3(C)C(=O)O)CC4)n1)c1nnc(C)n1-2. The fraction of sp³-hybridized carbons (Fsp3) is 0.500. The van der Waals surface area contributed by atoms with Crippen LogP contribution in [0.25, 0.3) is 5.00 Å². The number of carbonyl (C=O) groups is 4. The number of hydrogen-bond donors (Lipinski definition) is 4. The monoisotopic (exact) mass is 1040 g/mol. The van der Waals surface area contributed by atoms with Gasteiger partial charge in [0, 0.05) is 70.4 Å². The molecule has 3 amide bonds.